The van der Waals surface area contributed by atoms with Gasteiger partial charge in [0.05, 0.1) is 21.6 Å². The smallest absolute Gasteiger partial charge is 0.234 e. The average molecular weight is 380 g/mol. The zero-order valence-corrected chi connectivity index (χ0v) is 13.5. The molecule has 0 heterocycles. The zero-order chi connectivity index (χ0) is 13.7. The van der Waals surface area contributed by atoms with Crippen LogP contribution < -0.4 is 15.8 Å². The van der Waals surface area contributed by atoms with Gasteiger partial charge >= 0.3 is 0 Å². The van der Waals surface area contributed by atoms with Gasteiger partial charge in [0.15, 0.2) is 0 Å². The number of halogens is 2. The minimum atomic E-state index is -0.362. The molecule has 18 heavy (non-hydrogen) atoms. The molecule has 0 radical (unpaired) electrons. The lowest BCUT2D eigenvalue weighted by atomic mass is 10.2. The first-order valence-corrected chi connectivity index (χ1v) is 7.17. The molecule has 0 spiro atoms. The van der Waals surface area contributed by atoms with Gasteiger partial charge in [0.25, 0.3) is 0 Å². The Morgan fingerprint density at radius 3 is 2.44 bits per heavy atom. The van der Waals surface area contributed by atoms with Gasteiger partial charge in [0.1, 0.15) is 5.75 Å². The van der Waals surface area contributed by atoms with Gasteiger partial charge in [-0.05, 0) is 63.4 Å². The summed E-state index contributed by atoms with van der Waals surface area (Å²) in [6.07, 6.45) is 0. The lowest BCUT2D eigenvalue weighted by Gasteiger charge is -2.13. The van der Waals surface area contributed by atoms with Crippen molar-refractivity contribution in [2.24, 2.45) is 5.73 Å². The minimum Gasteiger partial charge on any atom is -0.492 e. The van der Waals surface area contributed by atoms with Crippen molar-refractivity contribution in [3.63, 3.8) is 0 Å². The molecule has 0 saturated heterocycles. The summed E-state index contributed by atoms with van der Waals surface area (Å²) in [5.74, 6) is 0.420. The van der Waals surface area contributed by atoms with E-state index in [0.29, 0.717) is 13.2 Å². The number of carbonyl (C=O) groups excluding carboxylic acids is 1. The molecule has 0 saturated carbocycles. The van der Waals surface area contributed by atoms with E-state index in [1.165, 1.54) is 0 Å². The van der Waals surface area contributed by atoms with Crippen LogP contribution in [0.2, 0.25) is 0 Å². The minimum absolute atomic E-state index is 0.353. The second-order valence-corrected chi connectivity index (χ2v) is 5.54. The molecule has 0 fully saturated rings. The Morgan fingerprint density at radius 1 is 1.44 bits per heavy atom. The summed E-state index contributed by atoms with van der Waals surface area (Å²) in [4.78, 5) is 10.9. The topological polar surface area (TPSA) is 64.3 Å². The number of carbonyl (C=O) groups is 1. The highest BCUT2D eigenvalue weighted by Gasteiger charge is 2.11. The number of hydrogen-bond donors (Lipinski definition) is 2. The van der Waals surface area contributed by atoms with Crippen LogP contribution in [0, 0.1) is 0 Å². The molecule has 1 aromatic carbocycles. The van der Waals surface area contributed by atoms with Crippen molar-refractivity contribution in [2.75, 3.05) is 6.61 Å². The summed E-state index contributed by atoms with van der Waals surface area (Å²) >= 11 is 6.92. The third-order valence-corrected chi connectivity index (χ3v) is 3.56. The van der Waals surface area contributed by atoms with Crippen LogP contribution >= 0.6 is 31.9 Å². The Morgan fingerprint density at radius 2 is 2.00 bits per heavy atom. The average Bonchev–Trinajstić information content (AvgIpc) is 2.30. The van der Waals surface area contributed by atoms with E-state index < -0.39 is 0 Å². The van der Waals surface area contributed by atoms with Gasteiger partial charge in [0, 0.05) is 6.54 Å². The van der Waals surface area contributed by atoms with Gasteiger partial charge in [-0.25, -0.2) is 0 Å². The van der Waals surface area contributed by atoms with Crippen LogP contribution in [0.25, 0.3) is 0 Å². The monoisotopic (exact) mass is 378 g/mol. The molecule has 100 valence electrons. The molecule has 3 N–H and O–H groups in total. The van der Waals surface area contributed by atoms with E-state index in [4.69, 9.17) is 10.5 Å². The number of amides is 1. The number of ether oxygens (including phenoxy) is 1. The molecule has 1 unspecified atom stereocenters. The largest absolute Gasteiger partial charge is 0.492 e. The molecule has 0 aliphatic heterocycles. The Labute approximate surface area is 124 Å². The van der Waals surface area contributed by atoms with E-state index >= 15 is 0 Å². The Balaban J connectivity index is 2.77. The summed E-state index contributed by atoms with van der Waals surface area (Å²) in [7, 11) is 0. The van der Waals surface area contributed by atoms with Crippen LogP contribution in [0.1, 0.15) is 19.4 Å². The quantitative estimate of drug-likeness (QED) is 0.798. The number of nitrogens with two attached hydrogens (primary N) is 1. The molecule has 4 nitrogen and oxygen atoms in total. The summed E-state index contributed by atoms with van der Waals surface area (Å²) in [5.41, 5.74) is 6.22. The van der Waals surface area contributed by atoms with Crippen molar-refractivity contribution >= 4 is 37.8 Å². The normalized spacial score (nSPS) is 12.2. The molecular weight excluding hydrogens is 364 g/mol. The first-order valence-electron chi connectivity index (χ1n) is 5.59. The van der Waals surface area contributed by atoms with Crippen molar-refractivity contribution < 1.29 is 9.53 Å². The number of nitrogens with one attached hydrogen (secondary N) is 1. The van der Waals surface area contributed by atoms with Crippen LogP contribution in [-0.2, 0) is 11.3 Å². The Bertz CT molecular complexity index is 415. The molecule has 1 aromatic rings. The van der Waals surface area contributed by atoms with Gasteiger partial charge in [0.2, 0.25) is 5.91 Å². The number of rotatable bonds is 6. The third kappa shape index (κ3) is 4.26. The summed E-state index contributed by atoms with van der Waals surface area (Å²) in [5, 5.41) is 3.05. The highest BCUT2D eigenvalue weighted by atomic mass is 79.9. The SMILES string of the molecule is CCOc1c(Br)cc(CNC(C)C(N)=O)cc1Br. The van der Waals surface area contributed by atoms with E-state index in [1.807, 2.05) is 19.1 Å². The van der Waals surface area contributed by atoms with E-state index in [1.54, 1.807) is 6.92 Å². The molecule has 1 amide bonds. The molecule has 1 rings (SSSR count). The van der Waals surface area contributed by atoms with Crippen molar-refractivity contribution in [1.82, 2.24) is 5.32 Å². The maximum absolute atomic E-state index is 10.9. The predicted octanol–water partition coefficient (Wildman–Crippen LogP) is 2.57. The van der Waals surface area contributed by atoms with Gasteiger partial charge in [-0.3, -0.25) is 4.79 Å². The second-order valence-electron chi connectivity index (χ2n) is 3.83. The van der Waals surface area contributed by atoms with E-state index in [0.717, 1.165) is 20.3 Å². The van der Waals surface area contributed by atoms with Crippen molar-refractivity contribution in [3.05, 3.63) is 26.6 Å². The fourth-order valence-electron chi connectivity index (χ4n) is 1.37. The van der Waals surface area contributed by atoms with E-state index in [-0.39, 0.29) is 11.9 Å². The molecule has 1 atom stereocenters. The molecule has 6 heteroatoms. The van der Waals surface area contributed by atoms with Crippen LogP contribution in [0.5, 0.6) is 5.75 Å². The van der Waals surface area contributed by atoms with Crippen LogP contribution in [-0.4, -0.2) is 18.6 Å². The maximum atomic E-state index is 10.9. The van der Waals surface area contributed by atoms with Crippen molar-refractivity contribution in [1.29, 1.82) is 0 Å². The lowest BCUT2D eigenvalue weighted by Crippen LogP contribution is -2.38. The molecule has 0 aliphatic carbocycles. The predicted molar refractivity (Wildman–Crippen MR) is 78.5 cm³/mol. The molecule has 0 bridgehead atoms. The van der Waals surface area contributed by atoms with Crippen LogP contribution in [0.15, 0.2) is 21.1 Å². The van der Waals surface area contributed by atoms with E-state index in [2.05, 4.69) is 37.2 Å². The van der Waals surface area contributed by atoms with E-state index in [9.17, 15) is 4.79 Å². The standard InChI is InChI=1S/C12H16Br2N2O2/c1-3-18-11-9(13)4-8(5-10(11)14)6-16-7(2)12(15)17/h4-5,7,16H,3,6H2,1-2H3,(H2,15,17). The van der Waals surface area contributed by atoms with Gasteiger partial charge in [-0.15, -0.1) is 0 Å². The van der Waals surface area contributed by atoms with Crippen LogP contribution in [0.4, 0.5) is 0 Å². The first-order chi connectivity index (χ1) is 8.45. The van der Waals surface area contributed by atoms with Gasteiger partial charge in [-0.2, -0.15) is 0 Å². The van der Waals surface area contributed by atoms with Crippen molar-refractivity contribution in [2.45, 2.75) is 26.4 Å². The summed E-state index contributed by atoms with van der Waals surface area (Å²) in [6.45, 7) is 4.84. The first kappa shape index (κ1) is 15.5. The molecule has 0 aliphatic rings. The number of benzene rings is 1. The number of hydrogen-bond acceptors (Lipinski definition) is 3. The highest BCUT2D eigenvalue weighted by molar-refractivity contribution is 9.11. The summed E-state index contributed by atoms with van der Waals surface area (Å²) in [6, 6.07) is 3.56. The number of primary amides is 1. The Hall–Kier alpha value is -0.590. The summed E-state index contributed by atoms with van der Waals surface area (Å²) < 4.78 is 7.25. The van der Waals surface area contributed by atoms with Crippen molar-refractivity contribution in [3.8, 4) is 5.75 Å². The fraction of sp³-hybridized carbons (Fsp3) is 0.417. The zero-order valence-electron chi connectivity index (χ0n) is 10.3. The third-order valence-electron chi connectivity index (χ3n) is 2.39. The molecular formula is C12H16Br2N2O2. The second kappa shape index (κ2) is 7.11. The molecule has 0 aromatic heterocycles. The Kier molecular flexibility index (Phi) is 6.11. The van der Waals surface area contributed by atoms with Crippen LogP contribution in [0.3, 0.4) is 0 Å². The fourth-order valence-corrected chi connectivity index (χ4v) is 2.88. The highest BCUT2D eigenvalue weighted by Crippen LogP contribution is 2.34. The maximum Gasteiger partial charge on any atom is 0.234 e. The van der Waals surface area contributed by atoms with Gasteiger partial charge < -0.3 is 15.8 Å². The van der Waals surface area contributed by atoms with Gasteiger partial charge in [-0.1, -0.05) is 0 Å². The lowest BCUT2D eigenvalue weighted by molar-refractivity contribution is -0.119.